The molecule has 25 heteroatoms. The number of nitrogens with one attached hydrogen (secondary N) is 4. The summed E-state index contributed by atoms with van der Waals surface area (Å²) < 4.78 is 120. The summed E-state index contributed by atoms with van der Waals surface area (Å²) in [5, 5.41) is 10.4. The molecule has 64 heavy (non-hydrogen) atoms. The van der Waals surface area contributed by atoms with Gasteiger partial charge in [-0.25, -0.2) is 8.42 Å². The van der Waals surface area contributed by atoms with Crippen LogP contribution in [0.15, 0.2) is 48.6 Å². The number of ether oxygens (including phenoxy) is 2. The van der Waals surface area contributed by atoms with Gasteiger partial charge in [0, 0.05) is 73.5 Å². The summed E-state index contributed by atoms with van der Waals surface area (Å²) in [5.41, 5.74) is 0.993. The SMILES string of the molecule is C=C(C)C(=O)NC(C)(C)CCS(=O)(=O)O.C=C(C)C(=O)NCCCCCCOCCCS(C)(=O)=O.C=C(C)C(=O)NCCCS(=O)(=O)O.C=C(C)C(=O)NCCOCCCS(=O)(=O)O. The number of unbranched alkanes of at least 4 members (excludes halogenated alkanes) is 3. The number of carbonyl (C=O) groups excluding carboxylic acids is 4. The van der Waals surface area contributed by atoms with Crippen molar-refractivity contribution in [3.05, 3.63) is 48.6 Å². The van der Waals surface area contributed by atoms with E-state index in [2.05, 4.69) is 47.6 Å². The maximum absolute atomic E-state index is 11.3. The molecular weight excluding hydrogens is 925 g/mol. The van der Waals surface area contributed by atoms with Crippen LogP contribution in [0.5, 0.6) is 0 Å². The van der Waals surface area contributed by atoms with Crippen molar-refractivity contribution in [1.29, 1.82) is 0 Å². The molecule has 0 spiro atoms. The van der Waals surface area contributed by atoms with Crippen molar-refractivity contribution in [2.45, 2.75) is 98.4 Å². The minimum atomic E-state index is -3.99. The highest BCUT2D eigenvalue weighted by atomic mass is 32.2. The molecule has 0 fully saturated rings. The van der Waals surface area contributed by atoms with E-state index in [9.17, 15) is 52.8 Å². The summed E-state index contributed by atoms with van der Waals surface area (Å²) in [6, 6.07) is 0. The van der Waals surface area contributed by atoms with E-state index in [0.29, 0.717) is 61.6 Å². The zero-order valence-electron chi connectivity index (χ0n) is 38.5. The first-order valence-electron chi connectivity index (χ1n) is 20.0. The van der Waals surface area contributed by atoms with Gasteiger partial charge in [0.1, 0.15) is 9.84 Å². The minimum Gasteiger partial charge on any atom is -0.381 e. The molecular formula is C39H74N4O17S4. The zero-order chi connectivity index (χ0) is 50.8. The minimum absolute atomic E-state index is 0.0841. The number of carbonyl (C=O) groups is 4. The van der Waals surface area contributed by atoms with E-state index in [1.165, 1.54) is 6.26 Å². The topological polar surface area (TPSA) is 332 Å². The molecule has 0 radical (unpaired) electrons. The van der Waals surface area contributed by atoms with Gasteiger partial charge in [-0.1, -0.05) is 39.2 Å². The Kier molecular flexibility index (Phi) is 37.4. The van der Waals surface area contributed by atoms with Crippen LogP contribution < -0.4 is 21.3 Å². The lowest BCUT2D eigenvalue weighted by Crippen LogP contribution is -2.44. The van der Waals surface area contributed by atoms with E-state index in [4.69, 9.17) is 23.1 Å². The second-order valence-electron chi connectivity index (χ2n) is 15.2. The van der Waals surface area contributed by atoms with Gasteiger partial charge < -0.3 is 30.7 Å². The molecule has 0 aliphatic rings. The molecule has 376 valence electrons. The van der Waals surface area contributed by atoms with Crippen molar-refractivity contribution in [3.8, 4) is 0 Å². The summed E-state index contributed by atoms with van der Waals surface area (Å²) in [7, 11) is -14.7. The fourth-order valence-electron chi connectivity index (χ4n) is 3.86. The molecule has 0 unspecified atom stereocenters. The smallest absolute Gasteiger partial charge is 0.264 e. The number of hydrogen-bond acceptors (Lipinski definition) is 14. The molecule has 0 aromatic carbocycles. The maximum Gasteiger partial charge on any atom is 0.264 e. The van der Waals surface area contributed by atoms with Crippen molar-refractivity contribution in [2.24, 2.45) is 0 Å². The Labute approximate surface area is 381 Å². The summed E-state index contributed by atoms with van der Waals surface area (Å²) in [5.74, 6) is -1.80. The van der Waals surface area contributed by atoms with E-state index >= 15 is 0 Å². The molecule has 21 nitrogen and oxygen atoms in total. The van der Waals surface area contributed by atoms with Crippen LogP contribution in [0.3, 0.4) is 0 Å². The van der Waals surface area contributed by atoms with Gasteiger partial charge in [0.05, 0.1) is 29.6 Å². The molecule has 0 aliphatic carbocycles. The van der Waals surface area contributed by atoms with E-state index < -0.39 is 45.7 Å². The monoisotopic (exact) mass is 998 g/mol. The number of hydrogen-bond donors (Lipinski definition) is 7. The molecule has 7 N–H and O–H groups in total. The van der Waals surface area contributed by atoms with Crippen LogP contribution in [0.1, 0.15) is 92.9 Å². The van der Waals surface area contributed by atoms with Crippen molar-refractivity contribution in [1.82, 2.24) is 21.3 Å². The Morgan fingerprint density at radius 2 is 0.812 bits per heavy atom. The second-order valence-corrected chi connectivity index (χ2v) is 22.1. The predicted octanol–water partition coefficient (Wildman–Crippen LogP) is 2.36. The van der Waals surface area contributed by atoms with Crippen LogP contribution in [-0.2, 0) is 68.8 Å². The fraction of sp³-hybridized carbons (Fsp3) is 0.692. The molecule has 0 saturated heterocycles. The molecule has 0 aromatic rings. The van der Waals surface area contributed by atoms with Gasteiger partial charge in [0.25, 0.3) is 30.4 Å². The molecule has 0 aromatic heterocycles. The molecule has 4 amide bonds. The molecule has 0 rings (SSSR count). The summed E-state index contributed by atoms with van der Waals surface area (Å²) >= 11 is 0. The highest BCUT2D eigenvalue weighted by molar-refractivity contribution is 7.90. The molecule has 0 bridgehead atoms. The van der Waals surface area contributed by atoms with Crippen LogP contribution >= 0.6 is 0 Å². The van der Waals surface area contributed by atoms with Crippen LogP contribution in [0.4, 0.5) is 0 Å². The van der Waals surface area contributed by atoms with E-state index in [-0.39, 0.29) is 79.1 Å². The lowest BCUT2D eigenvalue weighted by atomic mass is 10.0. The number of sulfone groups is 1. The first-order valence-corrected chi connectivity index (χ1v) is 26.9. The van der Waals surface area contributed by atoms with E-state index in [0.717, 1.165) is 25.7 Å². The average Bonchev–Trinajstić information content (AvgIpc) is 3.13. The number of rotatable bonds is 30. The third-order valence-corrected chi connectivity index (χ3v) is 10.7. The Balaban J connectivity index is -0.000000380. The maximum atomic E-state index is 11.3. The van der Waals surface area contributed by atoms with Crippen molar-refractivity contribution in [3.63, 3.8) is 0 Å². The third kappa shape index (κ3) is 56.5. The van der Waals surface area contributed by atoms with Crippen LogP contribution in [0, 0.1) is 0 Å². The quantitative estimate of drug-likeness (QED) is 0.0308. The Morgan fingerprint density at radius 1 is 0.469 bits per heavy atom. The van der Waals surface area contributed by atoms with Crippen LogP contribution in [-0.4, -0.2) is 152 Å². The fourth-order valence-corrected chi connectivity index (χ4v) is 6.26. The van der Waals surface area contributed by atoms with Gasteiger partial charge in [-0.3, -0.25) is 32.8 Å². The highest BCUT2D eigenvalue weighted by Crippen LogP contribution is 2.10. The summed E-state index contributed by atoms with van der Waals surface area (Å²) in [4.78, 5) is 44.3. The summed E-state index contributed by atoms with van der Waals surface area (Å²) in [6.45, 7) is 26.6. The largest absolute Gasteiger partial charge is 0.381 e. The lowest BCUT2D eigenvalue weighted by molar-refractivity contribution is -0.119. The third-order valence-electron chi connectivity index (χ3n) is 7.38. The Bertz CT molecular complexity index is 1930. The van der Waals surface area contributed by atoms with Gasteiger partial charge in [-0.05, 0) is 80.1 Å². The molecule has 0 atom stereocenters. The molecule has 0 heterocycles. The van der Waals surface area contributed by atoms with Gasteiger partial charge in [0.2, 0.25) is 23.6 Å². The second kappa shape index (κ2) is 35.7. The van der Waals surface area contributed by atoms with Crippen molar-refractivity contribution < 1.29 is 76.0 Å². The molecule has 0 aliphatic heterocycles. The summed E-state index contributed by atoms with van der Waals surface area (Å²) in [6.07, 6.45) is 6.37. The van der Waals surface area contributed by atoms with E-state index in [1.807, 2.05) is 0 Å². The van der Waals surface area contributed by atoms with Crippen molar-refractivity contribution >= 4 is 63.8 Å². The average molecular weight is 999 g/mol. The first kappa shape index (κ1) is 67.0. The Morgan fingerprint density at radius 3 is 1.22 bits per heavy atom. The molecule has 0 saturated carbocycles. The Hall–Kier alpha value is -3.56. The number of amides is 4. The standard InChI is InChI=1S/C14H27NO4S.C9H17NO5S.C9H17NO4S.C7H13NO4S/c1-13(2)14(16)15-9-6-4-5-7-10-19-11-8-12-20(3,17)18;1-8(2)9(11)10-4-6-15-5-3-7-16(12,13)14;1-7(2)8(11)10-9(3,4)5-6-15(12,13)14;1-6(2)7(9)8-4-3-5-13(10,11)12/h1,4-12H2,2-3H3,(H,15,16);1,3-7H2,2H3,(H,10,11)(H,12,13,14);1,5-6H2,2-4H3,(H,10,11)(H,12,13,14);1,3-5H2,2H3,(H,8,9)(H,10,11,12). The van der Waals surface area contributed by atoms with Crippen molar-refractivity contribution in [2.75, 3.05) is 75.3 Å². The lowest BCUT2D eigenvalue weighted by Gasteiger charge is -2.25. The van der Waals surface area contributed by atoms with Gasteiger partial charge in [-0.2, -0.15) is 25.3 Å². The highest BCUT2D eigenvalue weighted by Gasteiger charge is 2.23. The van der Waals surface area contributed by atoms with Crippen LogP contribution in [0.25, 0.3) is 0 Å². The van der Waals surface area contributed by atoms with Crippen LogP contribution in [0.2, 0.25) is 0 Å². The van der Waals surface area contributed by atoms with Gasteiger partial charge in [-0.15, -0.1) is 0 Å². The van der Waals surface area contributed by atoms with Gasteiger partial charge in [0.15, 0.2) is 0 Å². The van der Waals surface area contributed by atoms with E-state index in [1.54, 1.807) is 41.5 Å². The first-order chi connectivity index (χ1) is 29.0. The van der Waals surface area contributed by atoms with Gasteiger partial charge >= 0.3 is 0 Å². The zero-order valence-corrected chi connectivity index (χ0v) is 41.7. The normalized spacial score (nSPS) is 11.4. The predicted molar refractivity (Wildman–Crippen MR) is 248 cm³/mol.